The number of phosphoric ester groups is 1. The first kappa shape index (κ1) is 30.4. The first-order chi connectivity index (χ1) is 17.6. The number of hydrogen-bond acceptors (Lipinski definition) is 16. The van der Waals surface area contributed by atoms with Gasteiger partial charge in [0, 0.05) is 12.6 Å². The number of rotatable bonds is 10. The highest BCUT2D eigenvalue weighted by Crippen LogP contribution is 2.51. The van der Waals surface area contributed by atoms with Crippen molar-refractivity contribution in [3.8, 4) is 0 Å². The van der Waals surface area contributed by atoms with Gasteiger partial charge in [-0.2, -0.15) is 4.98 Å². The molecule has 0 spiro atoms. The molecule has 0 radical (unpaired) electrons. The van der Waals surface area contributed by atoms with Crippen molar-refractivity contribution in [2.45, 2.75) is 67.3 Å². The van der Waals surface area contributed by atoms with Gasteiger partial charge >= 0.3 is 19.5 Å². The van der Waals surface area contributed by atoms with Crippen molar-refractivity contribution in [2.24, 2.45) is 0 Å². The molecule has 2 fully saturated rings. The van der Waals surface area contributed by atoms with Crippen LogP contribution in [-0.2, 0) is 27.9 Å². The normalized spacial score (nSPS) is 36.9. The van der Waals surface area contributed by atoms with E-state index in [1.165, 1.54) is 6.07 Å². The van der Waals surface area contributed by atoms with E-state index in [0.717, 1.165) is 10.8 Å². The van der Waals surface area contributed by atoms with Crippen molar-refractivity contribution in [3.63, 3.8) is 0 Å². The third kappa shape index (κ3) is 6.20. The second-order valence-corrected chi connectivity index (χ2v) is 9.97. The largest absolute Gasteiger partial charge is 0.477 e. The maximum Gasteiger partial charge on any atom is 0.475 e. The molecule has 0 saturated carbocycles. The maximum atomic E-state index is 12.6. The standard InChI is InChI=1S/C18H28N3O16P/c19-9-1-2-21(17(31)20-9)15-13(28)12(27)8(35-15)5-34-38(32,33)37-18(16(29)30)3-6(23)10(25)14(36-18)11(26)7(24)4-22/h1-2,6-8,10-15,22-28H,3-5H2,(H,29,30)(H,32,33)(H2,19,20,31)/t6?,7-,8-,10-,11-,12+,13+,14?,15-,18-/m1/s1. The van der Waals surface area contributed by atoms with Crippen LogP contribution >= 0.6 is 7.82 Å². The van der Waals surface area contributed by atoms with E-state index in [1.54, 1.807) is 0 Å². The number of anilines is 1. The van der Waals surface area contributed by atoms with Crippen molar-refractivity contribution >= 4 is 19.6 Å². The topological polar surface area (TPSA) is 314 Å². The molecule has 2 saturated heterocycles. The fraction of sp³-hybridized carbons (Fsp3) is 0.722. The number of aliphatic carboxylic acids is 1. The number of ether oxygens (including phenoxy) is 2. The zero-order valence-corrected chi connectivity index (χ0v) is 20.2. The van der Waals surface area contributed by atoms with Gasteiger partial charge in [-0.1, -0.05) is 0 Å². The molecule has 1 aromatic rings. The van der Waals surface area contributed by atoms with Gasteiger partial charge in [-0.3, -0.25) is 9.09 Å². The number of nitrogens with two attached hydrogens (primary N) is 1. The summed E-state index contributed by atoms with van der Waals surface area (Å²) in [6.07, 6.45) is -16.9. The number of phosphoric acid groups is 1. The van der Waals surface area contributed by atoms with E-state index in [-0.39, 0.29) is 5.82 Å². The number of nitrogen functional groups attached to an aromatic ring is 1. The van der Waals surface area contributed by atoms with Crippen LogP contribution in [0.4, 0.5) is 5.82 Å². The lowest BCUT2D eigenvalue weighted by Crippen LogP contribution is -2.63. The lowest BCUT2D eigenvalue weighted by molar-refractivity contribution is -0.307. The van der Waals surface area contributed by atoms with E-state index < -0.39 is 100.0 Å². The zero-order valence-electron chi connectivity index (χ0n) is 19.3. The Balaban J connectivity index is 1.74. The van der Waals surface area contributed by atoms with E-state index in [4.69, 9.17) is 24.8 Å². The highest BCUT2D eigenvalue weighted by molar-refractivity contribution is 7.47. The molecule has 38 heavy (non-hydrogen) atoms. The molecule has 20 heteroatoms. The molecule has 0 amide bonds. The van der Waals surface area contributed by atoms with Gasteiger partial charge in [0.25, 0.3) is 5.79 Å². The van der Waals surface area contributed by atoms with Crippen molar-refractivity contribution < 1.29 is 73.6 Å². The van der Waals surface area contributed by atoms with Crippen molar-refractivity contribution in [3.05, 3.63) is 22.7 Å². The Hall–Kier alpha value is -2.10. The van der Waals surface area contributed by atoms with Crippen LogP contribution in [0.1, 0.15) is 12.6 Å². The first-order valence-electron chi connectivity index (χ1n) is 10.9. The Morgan fingerprint density at radius 2 is 1.92 bits per heavy atom. The summed E-state index contributed by atoms with van der Waals surface area (Å²) in [5, 5.41) is 79.1. The Bertz CT molecular complexity index is 1110. The quantitative estimate of drug-likeness (QED) is 0.117. The van der Waals surface area contributed by atoms with Crippen LogP contribution < -0.4 is 11.4 Å². The molecule has 11 N–H and O–H groups in total. The number of nitrogens with zero attached hydrogens (tertiary/aromatic N) is 2. The number of carboxylic acid groups (broad SMARTS) is 1. The van der Waals surface area contributed by atoms with Crippen LogP contribution in [0.3, 0.4) is 0 Å². The van der Waals surface area contributed by atoms with Gasteiger partial charge < -0.3 is 61.0 Å². The van der Waals surface area contributed by atoms with E-state index in [1.807, 2.05) is 0 Å². The van der Waals surface area contributed by atoms with Crippen molar-refractivity contribution in [1.29, 1.82) is 0 Å². The minimum Gasteiger partial charge on any atom is -0.477 e. The molecule has 0 aromatic carbocycles. The van der Waals surface area contributed by atoms with E-state index >= 15 is 0 Å². The number of hydrogen-bond donors (Lipinski definition) is 10. The lowest BCUT2D eigenvalue weighted by atomic mass is 9.91. The Morgan fingerprint density at radius 3 is 2.50 bits per heavy atom. The van der Waals surface area contributed by atoms with Crippen molar-refractivity contribution in [1.82, 2.24) is 9.55 Å². The number of aliphatic hydroxyl groups is 7. The third-order valence-corrected chi connectivity index (χ3v) is 6.91. The van der Waals surface area contributed by atoms with Gasteiger partial charge in [0.1, 0.15) is 48.5 Å². The predicted octanol–water partition coefficient (Wildman–Crippen LogP) is -5.42. The smallest absolute Gasteiger partial charge is 0.475 e. The molecule has 11 atom stereocenters. The molecular weight excluding hydrogens is 545 g/mol. The second-order valence-electron chi connectivity index (χ2n) is 8.59. The van der Waals surface area contributed by atoms with Gasteiger partial charge in [0.05, 0.1) is 19.3 Å². The van der Waals surface area contributed by atoms with E-state index in [9.17, 15) is 54.8 Å². The minimum absolute atomic E-state index is 0.131. The lowest BCUT2D eigenvalue weighted by Gasteiger charge is -2.44. The average Bonchev–Trinajstić information content (AvgIpc) is 3.12. The van der Waals surface area contributed by atoms with Crippen LogP contribution in [0.25, 0.3) is 0 Å². The zero-order chi connectivity index (χ0) is 28.6. The number of carboxylic acids is 1. The van der Waals surface area contributed by atoms with Gasteiger partial charge in [-0.05, 0) is 6.07 Å². The molecule has 2 aliphatic rings. The van der Waals surface area contributed by atoms with Crippen LogP contribution in [0, 0.1) is 0 Å². The fourth-order valence-electron chi connectivity index (χ4n) is 3.88. The van der Waals surface area contributed by atoms with Crippen molar-refractivity contribution in [2.75, 3.05) is 18.9 Å². The summed E-state index contributed by atoms with van der Waals surface area (Å²) >= 11 is 0. The van der Waals surface area contributed by atoms with E-state index in [2.05, 4.69) is 9.51 Å². The fourth-order valence-corrected chi connectivity index (χ4v) is 4.84. The SMILES string of the molecule is Nc1ccn([C@@H]2O[C@H](COP(=O)(O)O[C@@]3(C(=O)O)CC(O)[C@@H](O)C([C@H](O)[C@H](O)CO)O3)[C@H](O)[C@@H]2O)c(=O)n1. The molecule has 3 heterocycles. The maximum absolute atomic E-state index is 12.6. The molecular formula is C18H28N3O16P. The minimum atomic E-state index is -5.48. The Morgan fingerprint density at radius 1 is 1.26 bits per heavy atom. The number of aromatic nitrogens is 2. The average molecular weight is 573 g/mol. The third-order valence-electron chi connectivity index (χ3n) is 5.91. The van der Waals surface area contributed by atoms with Crippen LogP contribution in [0.2, 0.25) is 0 Å². The molecule has 19 nitrogen and oxygen atoms in total. The van der Waals surface area contributed by atoms with Gasteiger partial charge in [0.15, 0.2) is 6.23 Å². The summed E-state index contributed by atoms with van der Waals surface area (Å²) < 4.78 is 33.1. The summed E-state index contributed by atoms with van der Waals surface area (Å²) in [5.74, 6) is -5.43. The molecule has 3 rings (SSSR count). The summed E-state index contributed by atoms with van der Waals surface area (Å²) in [6.45, 7) is -2.06. The highest BCUT2D eigenvalue weighted by atomic mass is 31.2. The van der Waals surface area contributed by atoms with Crippen LogP contribution in [0.15, 0.2) is 17.1 Å². The monoisotopic (exact) mass is 573 g/mol. The van der Waals surface area contributed by atoms with Gasteiger partial charge in [-0.25, -0.2) is 18.7 Å². The molecule has 0 bridgehead atoms. The molecule has 3 unspecified atom stereocenters. The molecule has 0 aliphatic carbocycles. The number of carbonyl (C=O) groups is 1. The Kier molecular flexibility index (Phi) is 9.26. The summed E-state index contributed by atoms with van der Waals surface area (Å²) in [6, 6.07) is 1.20. The number of aliphatic hydroxyl groups excluding tert-OH is 7. The van der Waals surface area contributed by atoms with Crippen LogP contribution in [0.5, 0.6) is 0 Å². The second kappa shape index (κ2) is 11.6. The molecule has 1 aromatic heterocycles. The van der Waals surface area contributed by atoms with Crippen LogP contribution in [-0.4, -0.2) is 129 Å². The summed E-state index contributed by atoms with van der Waals surface area (Å²) in [4.78, 5) is 37.6. The molecule has 216 valence electrons. The van der Waals surface area contributed by atoms with E-state index in [0.29, 0.717) is 0 Å². The predicted molar refractivity (Wildman–Crippen MR) is 117 cm³/mol. The molecule has 2 aliphatic heterocycles. The van der Waals surface area contributed by atoms with Gasteiger partial charge in [0.2, 0.25) is 0 Å². The Labute approximate surface area is 212 Å². The van der Waals surface area contributed by atoms with Gasteiger partial charge in [-0.15, -0.1) is 0 Å². The summed E-state index contributed by atoms with van der Waals surface area (Å²) in [5.41, 5.74) is 4.45. The summed E-state index contributed by atoms with van der Waals surface area (Å²) in [7, 11) is -5.48. The first-order valence-corrected chi connectivity index (χ1v) is 12.4. The highest BCUT2D eigenvalue weighted by Gasteiger charge is 2.58.